The van der Waals surface area contributed by atoms with Crippen LogP contribution in [0.5, 0.6) is 0 Å². The Hall–Kier alpha value is -3.24. The zero-order valence-electron chi connectivity index (χ0n) is 18.1. The first-order valence-corrected chi connectivity index (χ1v) is 10.7. The Morgan fingerprint density at radius 1 is 1.42 bits per heavy atom. The number of aryl methyl sites for hydroxylation is 1. The molecule has 2 aromatic rings. The number of carbonyl (C=O) groups is 3. The van der Waals surface area contributed by atoms with Gasteiger partial charge in [0.05, 0.1) is 23.4 Å². The molecule has 9 nitrogen and oxygen atoms in total. The van der Waals surface area contributed by atoms with E-state index in [1.54, 1.807) is 0 Å². The normalized spacial score (nSPS) is 18.5. The van der Waals surface area contributed by atoms with E-state index in [1.165, 1.54) is 36.3 Å². The van der Waals surface area contributed by atoms with Crippen molar-refractivity contribution in [2.75, 3.05) is 20.2 Å². The minimum Gasteiger partial charge on any atom is -0.478 e. The smallest absolute Gasteiger partial charge is 0.335 e. The summed E-state index contributed by atoms with van der Waals surface area (Å²) in [5, 5.41) is 12.0. The fraction of sp³-hybridized carbons (Fsp3) is 0.364. The highest BCUT2D eigenvalue weighted by atomic mass is 35.5. The molecule has 3 N–H and O–H groups in total. The number of nitrogens with one attached hydrogen (secondary N) is 2. The van der Waals surface area contributed by atoms with Gasteiger partial charge in [0.15, 0.2) is 11.0 Å². The highest BCUT2D eigenvalue weighted by Crippen LogP contribution is 2.18. The first kappa shape index (κ1) is 24.4. The number of nitrogens with zero attached hydrogens (tertiary/aromatic N) is 2. The summed E-state index contributed by atoms with van der Waals surface area (Å²) in [7, 11) is 1.49. The lowest BCUT2D eigenvalue weighted by atomic mass is 10.0. The molecule has 11 heteroatoms. The largest absolute Gasteiger partial charge is 0.478 e. The number of benzene rings is 1. The molecule has 1 aliphatic heterocycles. The number of carbonyl (C=O) groups excluding carboxylic acids is 2. The Kier molecular flexibility index (Phi) is 7.83. The monoisotopic (exact) mass is 478 g/mol. The van der Waals surface area contributed by atoms with E-state index in [0.717, 1.165) is 6.07 Å². The summed E-state index contributed by atoms with van der Waals surface area (Å²) in [5.41, 5.74) is 0.597. The fourth-order valence-corrected chi connectivity index (χ4v) is 3.81. The van der Waals surface area contributed by atoms with E-state index < -0.39 is 23.8 Å². The predicted octanol–water partition coefficient (Wildman–Crippen LogP) is 2.52. The molecule has 1 aromatic heterocycles. The number of piperidine rings is 1. The molecular formula is C22H24ClFN4O5. The molecule has 33 heavy (non-hydrogen) atoms. The molecule has 0 aliphatic carbocycles. The van der Waals surface area contributed by atoms with Crippen molar-refractivity contribution in [2.45, 2.75) is 31.9 Å². The number of aromatic carboxylic acids is 1. The van der Waals surface area contributed by atoms with Crippen LogP contribution in [0.3, 0.4) is 0 Å². The number of carboxylic acids is 1. The maximum Gasteiger partial charge on any atom is 0.335 e. The first-order valence-electron chi connectivity index (χ1n) is 10.3. The van der Waals surface area contributed by atoms with Gasteiger partial charge in [0.1, 0.15) is 5.82 Å². The molecule has 0 bridgehead atoms. The van der Waals surface area contributed by atoms with Crippen LogP contribution < -0.4 is 5.32 Å². The zero-order valence-corrected chi connectivity index (χ0v) is 18.9. The molecule has 0 spiro atoms. The molecule has 1 saturated heterocycles. The fourth-order valence-electron chi connectivity index (χ4n) is 3.55. The Bertz CT molecular complexity index is 1090. The van der Waals surface area contributed by atoms with Gasteiger partial charge in [0.2, 0.25) is 5.91 Å². The average Bonchev–Trinajstić information content (AvgIpc) is 3.18. The standard InChI is InChI=1S/C22H24ClFN4O5/c1-3-15-19(23)27-20(25-15)21(30)26-16-8-9-28(11-17(16)33-2)18(29)7-6-12-4-5-13(22(31)32)10-14(12)24/h4-7,10,16-17H,3,8-9,11H2,1-2H3,(H,25,27)(H,26,30)(H,31,32)/t16-,17+/m1/s1. The van der Waals surface area contributed by atoms with Crippen molar-refractivity contribution in [2.24, 2.45) is 0 Å². The van der Waals surface area contributed by atoms with Crippen LogP contribution in [0.2, 0.25) is 5.15 Å². The second-order valence-corrected chi connectivity index (χ2v) is 7.87. The van der Waals surface area contributed by atoms with Gasteiger partial charge in [0, 0.05) is 31.8 Å². The Balaban J connectivity index is 1.61. The second-order valence-electron chi connectivity index (χ2n) is 7.51. The van der Waals surface area contributed by atoms with Gasteiger partial charge in [-0.25, -0.2) is 14.2 Å². The van der Waals surface area contributed by atoms with Gasteiger partial charge >= 0.3 is 5.97 Å². The number of imidazole rings is 1. The predicted molar refractivity (Wildman–Crippen MR) is 119 cm³/mol. The average molecular weight is 479 g/mol. The maximum absolute atomic E-state index is 14.1. The van der Waals surface area contributed by atoms with Gasteiger partial charge in [-0.05, 0) is 31.1 Å². The minimum absolute atomic E-state index is 0.0994. The maximum atomic E-state index is 14.1. The molecule has 3 rings (SSSR count). The topological polar surface area (TPSA) is 125 Å². The quantitative estimate of drug-likeness (QED) is 0.525. The number of halogens is 2. The van der Waals surface area contributed by atoms with Crippen LogP contribution >= 0.6 is 11.6 Å². The number of aromatic amines is 1. The van der Waals surface area contributed by atoms with E-state index in [1.807, 2.05) is 6.92 Å². The molecule has 1 aliphatic rings. The summed E-state index contributed by atoms with van der Waals surface area (Å²) in [4.78, 5) is 44.5. The van der Waals surface area contributed by atoms with Gasteiger partial charge in [-0.3, -0.25) is 9.59 Å². The lowest BCUT2D eigenvalue weighted by Crippen LogP contribution is -2.55. The molecule has 1 fully saturated rings. The third-order valence-corrected chi connectivity index (χ3v) is 5.75. The summed E-state index contributed by atoms with van der Waals surface area (Å²) in [6.07, 6.45) is 3.12. The number of carboxylic acid groups (broad SMARTS) is 1. The van der Waals surface area contributed by atoms with E-state index in [2.05, 4.69) is 15.3 Å². The van der Waals surface area contributed by atoms with Gasteiger partial charge < -0.3 is 25.0 Å². The summed E-state index contributed by atoms with van der Waals surface area (Å²) in [6.45, 7) is 2.47. The summed E-state index contributed by atoms with van der Waals surface area (Å²) >= 11 is 6.00. The van der Waals surface area contributed by atoms with Crippen LogP contribution in [0.25, 0.3) is 6.08 Å². The highest BCUT2D eigenvalue weighted by molar-refractivity contribution is 6.30. The molecule has 176 valence electrons. The SMILES string of the molecule is CCc1[nH]c(C(=O)N[C@@H]2CCN(C(=O)C=Cc3ccc(C(=O)O)cc3F)C[C@@H]2OC)nc1Cl. The molecule has 1 aromatic carbocycles. The number of likely N-dealkylation sites (tertiary alicyclic amines) is 1. The van der Waals surface area contributed by atoms with Crippen molar-refractivity contribution < 1.29 is 28.6 Å². The molecule has 2 amide bonds. The summed E-state index contributed by atoms with van der Waals surface area (Å²) in [5.74, 6) is -2.62. The van der Waals surface area contributed by atoms with Gasteiger partial charge in [-0.2, -0.15) is 0 Å². The van der Waals surface area contributed by atoms with Crippen LogP contribution in [-0.4, -0.2) is 70.1 Å². The van der Waals surface area contributed by atoms with Crippen LogP contribution in [0.15, 0.2) is 24.3 Å². The number of amides is 2. The number of rotatable bonds is 7. The lowest BCUT2D eigenvalue weighted by Gasteiger charge is -2.37. The third kappa shape index (κ3) is 5.77. The highest BCUT2D eigenvalue weighted by Gasteiger charge is 2.32. The van der Waals surface area contributed by atoms with E-state index in [4.69, 9.17) is 21.4 Å². The Morgan fingerprint density at radius 3 is 2.79 bits per heavy atom. The lowest BCUT2D eigenvalue weighted by molar-refractivity contribution is -0.130. The molecule has 0 unspecified atom stereocenters. The van der Waals surface area contributed by atoms with Crippen molar-refractivity contribution in [1.82, 2.24) is 20.2 Å². The zero-order chi connectivity index (χ0) is 24.1. The summed E-state index contributed by atoms with van der Waals surface area (Å²) < 4.78 is 19.5. The molecule has 0 radical (unpaired) electrons. The van der Waals surface area contributed by atoms with Crippen LogP contribution in [0.4, 0.5) is 4.39 Å². The van der Waals surface area contributed by atoms with Crippen molar-refractivity contribution in [3.05, 3.63) is 57.9 Å². The van der Waals surface area contributed by atoms with Gasteiger partial charge in [-0.1, -0.05) is 24.6 Å². The molecule has 2 atom stereocenters. The van der Waals surface area contributed by atoms with Crippen molar-refractivity contribution >= 4 is 35.5 Å². The van der Waals surface area contributed by atoms with Crippen LogP contribution in [0, 0.1) is 5.82 Å². The molecule has 2 heterocycles. The number of aromatic nitrogens is 2. The summed E-state index contributed by atoms with van der Waals surface area (Å²) in [6, 6.07) is 3.12. The van der Waals surface area contributed by atoms with Gasteiger partial charge in [-0.15, -0.1) is 0 Å². The number of methoxy groups -OCH3 is 1. The number of hydrogen-bond donors (Lipinski definition) is 3. The molecule has 0 saturated carbocycles. The van der Waals surface area contributed by atoms with Crippen LogP contribution in [0.1, 0.15) is 45.6 Å². The molecular weight excluding hydrogens is 455 g/mol. The van der Waals surface area contributed by atoms with Crippen molar-refractivity contribution in [1.29, 1.82) is 0 Å². The Labute approximate surface area is 194 Å². The van der Waals surface area contributed by atoms with E-state index in [9.17, 15) is 18.8 Å². The van der Waals surface area contributed by atoms with Crippen molar-refractivity contribution in [3.8, 4) is 0 Å². The minimum atomic E-state index is -1.23. The number of ether oxygens (including phenoxy) is 1. The van der Waals surface area contributed by atoms with E-state index >= 15 is 0 Å². The van der Waals surface area contributed by atoms with E-state index in [-0.39, 0.29) is 40.6 Å². The second kappa shape index (κ2) is 10.6. The van der Waals surface area contributed by atoms with E-state index in [0.29, 0.717) is 25.1 Å². The number of hydrogen-bond acceptors (Lipinski definition) is 5. The van der Waals surface area contributed by atoms with Crippen molar-refractivity contribution in [3.63, 3.8) is 0 Å². The van der Waals surface area contributed by atoms with Gasteiger partial charge in [0.25, 0.3) is 5.91 Å². The third-order valence-electron chi connectivity index (χ3n) is 5.44. The van der Waals surface area contributed by atoms with Crippen LogP contribution in [-0.2, 0) is 16.0 Å². The first-order chi connectivity index (χ1) is 15.7. The number of H-pyrrole nitrogens is 1. The Morgan fingerprint density at radius 2 is 2.18 bits per heavy atom.